The van der Waals surface area contributed by atoms with Crippen LogP contribution in [0.1, 0.15) is 10.4 Å². The van der Waals surface area contributed by atoms with E-state index >= 15 is 0 Å². The van der Waals surface area contributed by atoms with E-state index in [4.69, 9.17) is 34.0 Å². The smallest absolute Gasteiger partial charge is 0.250 e. The molecule has 0 aliphatic heterocycles. The predicted molar refractivity (Wildman–Crippen MR) is 46.6 cm³/mol. The maximum absolute atomic E-state index is 10.7. The van der Waals surface area contributed by atoms with Gasteiger partial charge in [-0.25, -0.2) is 0 Å². The molecular formula is C7H5Cl2NO2. The van der Waals surface area contributed by atoms with Crippen molar-refractivity contribution in [2.75, 3.05) is 0 Å². The molecule has 1 amide bonds. The Morgan fingerprint density at radius 1 is 1.33 bits per heavy atom. The largest absolute Gasteiger partial charge is 0.506 e. The lowest BCUT2D eigenvalue weighted by molar-refractivity contribution is 0.1000. The van der Waals surface area contributed by atoms with Gasteiger partial charge < -0.3 is 10.8 Å². The highest BCUT2D eigenvalue weighted by Gasteiger charge is 2.10. The fourth-order valence-corrected chi connectivity index (χ4v) is 1.20. The lowest BCUT2D eigenvalue weighted by Gasteiger charge is -2.01. The highest BCUT2D eigenvalue weighted by atomic mass is 35.5. The second kappa shape index (κ2) is 3.21. The van der Waals surface area contributed by atoms with Crippen LogP contribution in [0.25, 0.3) is 0 Å². The van der Waals surface area contributed by atoms with E-state index in [0.29, 0.717) is 0 Å². The zero-order valence-electron chi connectivity index (χ0n) is 5.84. The molecule has 12 heavy (non-hydrogen) atoms. The molecule has 0 spiro atoms. The topological polar surface area (TPSA) is 63.3 Å². The summed E-state index contributed by atoms with van der Waals surface area (Å²) in [6.45, 7) is 0. The van der Waals surface area contributed by atoms with Gasteiger partial charge in [-0.1, -0.05) is 23.2 Å². The van der Waals surface area contributed by atoms with Gasteiger partial charge in [0.15, 0.2) is 0 Å². The summed E-state index contributed by atoms with van der Waals surface area (Å²) in [5.74, 6) is -0.915. The molecule has 5 heteroatoms. The molecule has 0 heterocycles. The number of benzene rings is 1. The highest BCUT2D eigenvalue weighted by molar-refractivity contribution is 6.37. The van der Waals surface area contributed by atoms with Crippen molar-refractivity contribution in [1.29, 1.82) is 0 Å². The molecule has 0 atom stereocenters. The van der Waals surface area contributed by atoms with Crippen LogP contribution in [0.3, 0.4) is 0 Å². The number of hydrogen-bond acceptors (Lipinski definition) is 2. The summed E-state index contributed by atoms with van der Waals surface area (Å²) in [4.78, 5) is 10.7. The maximum Gasteiger partial charge on any atom is 0.250 e. The molecule has 1 aromatic rings. The minimum Gasteiger partial charge on any atom is -0.506 e. The van der Waals surface area contributed by atoms with Crippen LogP contribution in [0, 0.1) is 0 Å². The Kier molecular flexibility index (Phi) is 2.45. The van der Waals surface area contributed by atoms with Crippen molar-refractivity contribution >= 4 is 29.1 Å². The Labute approximate surface area is 78.7 Å². The van der Waals surface area contributed by atoms with Crippen LogP contribution in [0.2, 0.25) is 10.0 Å². The number of primary amides is 1. The summed E-state index contributed by atoms with van der Waals surface area (Å²) in [7, 11) is 0. The molecule has 0 saturated heterocycles. The number of amides is 1. The van der Waals surface area contributed by atoms with E-state index in [-0.39, 0.29) is 21.4 Å². The fourth-order valence-electron chi connectivity index (χ4n) is 0.726. The van der Waals surface area contributed by atoms with Crippen molar-refractivity contribution in [3.8, 4) is 5.75 Å². The quantitative estimate of drug-likeness (QED) is 0.735. The fraction of sp³-hybridized carbons (Fsp3) is 0. The van der Waals surface area contributed by atoms with Crippen LogP contribution in [0.4, 0.5) is 0 Å². The van der Waals surface area contributed by atoms with E-state index in [9.17, 15) is 4.79 Å². The Balaban J connectivity index is 3.33. The Morgan fingerprint density at radius 3 is 2.42 bits per heavy atom. The van der Waals surface area contributed by atoms with Crippen molar-refractivity contribution < 1.29 is 9.90 Å². The molecule has 0 fully saturated rings. The van der Waals surface area contributed by atoms with Gasteiger partial charge in [-0.05, 0) is 12.1 Å². The maximum atomic E-state index is 10.7. The standard InChI is InChI=1S/C7H5Cl2NO2/c8-4-2-5(9)6(11)1-3(4)7(10)12/h1-2,11H,(H2,10,12). The average Bonchev–Trinajstić information content (AvgIpc) is 1.96. The first-order chi connectivity index (χ1) is 5.52. The van der Waals surface area contributed by atoms with Crippen molar-refractivity contribution in [3.05, 3.63) is 27.7 Å². The zero-order chi connectivity index (χ0) is 9.30. The third-order valence-corrected chi connectivity index (χ3v) is 1.92. The number of carbonyl (C=O) groups excluding carboxylic acids is 1. The molecule has 1 rings (SSSR count). The summed E-state index contributed by atoms with van der Waals surface area (Å²) in [5.41, 5.74) is 5.01. The zero-order valence-corrected chi connectivity index (χ0v) is 7.36. The number of phenolic OH excluding ortho intramolecular Hbond substituents is 1. The number of halogens is 2. The number of phenols is 1. The van der Waals surface area contributed by atoms with E-state index < -0.39 is 5.91 Å². The molecule has 0 aliphatic rings. The van der Waals surface area contributed by atoms with Crippen LogP contribution in [0.5, 0.6) is 5.75 Å². The van der Waals surface area contributed by atoms with Crippen molar-refractivity contribution in [3.63, 3.8) is 0 Å². The van der Waals surface area contributed by atoms with Crippen LogP contribution < -0.4 is 5.73 Å². The number of rotatable bonds is 1. The van der Waals surface area contributed by atoms with Gasteiger partial charge in [-0.2, -0.15) is 0 Å². The molecule has 3 nitrogen and oxygen atoms in total. The SMILES string of the molecule is NC(=O)c1cc(O)c(Cl)cc1Cl. The lowest BCUT2D eigenvalue weighted by Crippen LogP contribution is -2.11. The monoisotopic (exact) mass is 205 g/mol. The van der Waals surface area contributed by atoms with Crippen LogP contribution in [-0.4, -0.2) is 11.0 Å². The van der Waals surface area contributed by atoms with Gasteiger partial charge >= 0.3 is 0 Å². The molecule has 0 saturated carbocycles. The van der Waals surface area contributed by atoms with Crippen LogP contribution in [-0.2, 0) is 0 Å². The molecule has 1 aromatic carbocycles. The van der Waals surface area contributed by atoms with E-state index in [1.54, 1.807) is 0 Å². The predicted octanol–water partition coefficient (Wildman–Crippen LogP) is 1.80. The molecule has 64 valence electrons. The van der Waals surface area contributed by atoms with E-state index in [0.717, 1.165) is 6.07 Å². The number of hydrogen-bond donors (Lipinski definition) is 2. The summed E-state index contributed by atoms with van der Waals surface area (Å²) in [6.07, 6.45) is 0. The number of aromatic hydroxyl groups is 1. The first-order valence-electron chi connectivity index (χ1n) is 3.00. The number of carbonyl (C=O) groups is 1. The Bertz CT molecular complexity index is 338. The highest BCUT2D eigenvalue weighted by Crippen LogP contribution is 2.29. The van der Waals surface area contributed by atoms with E-state index in [1.165, 1.54) is 6.07 Å². The summed E-state index contributed by atoms with van der Waals surface area (Å²) < 4.78 is 0. The second-order valence-corrected chi connectivity index (χ2v) is 2.96. The third kappa shape index (κ3) is 1.62. The molecule has 0 aliphatic carbocycles. The Hall–Kier alpha value is -0.930. The van der Waals surface area contributed by atoms with E-state index in [1.807, 2.05) is 0 Å². The molecule has 3 N–H and O–H groups in total. The molecule has 0 unspecified atom stereocenters. The summed E-state index contributed by atoms with van der Waals surface area (Å²) in [6, 6.07) is 2.39. The minimum absolute atomic E-state index is 0.0542. The van der Waals surface area contributed by atoms with Crippen molar-refractivity contribution in [2.45, 2.75) is 0 Å². The van der Waals surface area contributed by atoms with Gasteiger partial charge in [0.2, 0.25) is 5.91 Å². The third-order valence-electron chi connectivity index (χ3n) is 1.30. The summed E-state index contributed by atoms with van der Waals surface area (Å²) in [5, 5.41) is 9.29. The summed E-state index contributed by atoms with van der Waals surface area (Å²) >= 11 is 11.1. The van der Waals surface area contributed by atoms with Gasteiger partial charge in [-0.15, -0.1) is 0 Å². The van der Waals surface area contributed by atoms with Crippen LogP contribution in [0.15, 0.2) is 12.1 Å². The molecular weight excluding hydrogens is 201 g/mol. The first kappa shape index (κ1) is 9.16. The normalized spacial score (nSPS) is 9.83. The van der Waals surface area contributed by atoms with Gasteiger partial charge in [-0.3, -0.25) is 4.79 Å². The van der Waals surface area contributed by atoms with Gasteiger partial charge in [0.05, 0.1) is 15.6 Å². The average molecular weight is 206 g/mol. The van der Waals surface area contributed by atoms with E-state index in [2.05, 4.69) is 0 Å². The molecule has 0 aromatic heterocycles. The Morgan fingerprint density at radius 2 is 1.92 bits per heavy atom. The van der Waals surface area contributed by atoms with Gasteiger partial charge in [0.1, 0.15) is 5.75 Å². The van der Waals surface area contributed by atoms with Crippen molar-refractivity contribution in [2.24, 2.45) is 5.73 Å². The molecule has 0 bridgehead atoms. The van der Waals surface area contributed by atoms with Crippen LogP contribution >= 0.6 is 23.2 Å². The van der Waals surface area contributed by atoms with Gasteiger partial charge in [0.25, 0.3) is 0 Å². The van der Waals surface area contributed by atoms with Gasteiger partial charge in [0, 0.05) is 0 Å². The number of nitrogens with two attached hydrogens (primary N) is 1. The molecule has 0 radical (unpaired) electrons. The first-order valence-corrected chi connectivity index (χ1v) is 3.76. The minimum atomic E-state index is -0.702. The lowest BCUT2D eigenvalue weighted by atomic mass is 10.2. The second-order valence-electron chi connectivity index (χ2n) is 2.15. The van der Waals surface area contributed by atoms with Crippen molar-refractivity contribution in [1.82, 2.24) is 0 Å².